The highest BCUT2D eigenvalue weighted by Crippen LogP contribution is 2.23. The van der Waals surface area contributed by atoms with Gasteiger partial charge in [0.15, 0.2) is 0 Å². The first-order valence-corrected chi connectivity index (χ1v) is 7.41. The number of hydrogen-bond acceptors (Lipinski definition) is 3. The van der Waals surface area contributed by atoms with E-state index in [0.29, 0.717) is 12.0 Å². The Balaban J connectivity index is 2.04. The van der Waals surface area contributed by atoms with Crippen LogP contribution in [0, 0.1) is 5.92 Å². The first-order chi connectivity index (χ1) is 8.04. The number of likely N-dealkylation sites (tertiary alicyclic amines) is 1. The van der Waals surface area contributed by atoms with E-state index < -0.39 is 0 Å². The van der Waals surface area contributed by atoms with Gasteiger partial charge in [-0.15, -0.1) is 0 Å². The minimum atomic E-state index is 0.299. The highest BCUT2D eigenvalue weighted by Gasteiger charge is 2.22. The monoisotopic (exact) mass is 361 g/mol. The maximum absolute atomic E-state index is 6.05. The second kappa shape index (κ2) is 5.78. The van der Waals surface area contributed by atoms with Crippen molar-refractivity contribution >= 4 is 31.9 Å². The van der Waals surface area contributed by atoms with Crippen LogP contribution in [0.5, 0.6) is 0 Å². The van der Waals surface area contributed by atoms with Crippen LogP contribution in [0.15, 0.2) is 21.2 Å². The summed E-state index contributed by atoms with van der Waals surface area (Å²) < 4.78 is 2.05. The molecule has 0 aromatic carbocycles. The third-order valence-electron chi connectivity index (χ3n) is 3.03. The van der Waals surface area contributed by atoms with E-state index in [4.69, 9.17) is 5.73 Å². The van der Waals surface area contributed by atoms with Gasteiger partial charge in [-0.05, 0) is 50.3 Å². The molecule has 1 aliphatic heterocycles. The second-order valence-corrected chi connectivity index (χ2v) is 6.65. The number of halogens is 2. The number of nitrogens with two attached hydrogens (primary N) is 1. The van der Waals surface area contributed by atoms with E-state index in [9.17, 15) is 0 Å². The standard InChI is InChI=1S/C12H17Br2N3/c1-8-2-10(15)6-17(5-8)7-12-11(14)3-9(13)4-16-12/h3-4,8,10H,2,5-7,15H2,1H3. The maximum atomic E-state index is 6.05. The molecule has 1 aromatic rings. The predicted octanol–water partition coefficient (Wildman–Crippen LogP) is 2.78. The van der Waals surface area contributed by atoms with Crippen molar-refractivity contribution in [3.05, 3.63) is 26.9 Å². The minimum absolute atomic E-state index is 0.299. The Morgan fingerprint density at radius 2 is 2.24 bits per heavy atom. The molecule has 3 nitrogen and oxygen atoms in total. The summed E-state index contributed by atoms with van der Waals surface area (Å²) in [7, 11) is 0. The summed E-state index contributed by atoms with van der Waals surface area (Å²) in [6.07, 6.45) is 2.97. The van der Waals surface area contributed by atoms with Gasteiger partial charge in [0.25, 0.3) is 0 Å². The Morgan fingerprint density at radius 3 is 2.88 bits per heavy atom. The van der Waals surface area contributed by atoms with Crippen LogP contribution in [0.4, 0.5) is 0 Å². The topological polar surface area (TPSA) is 42.1 Å². The Bertz CT molecular complexity index is 387. The molecule has 2 N–H and O–H groups in total. The molecule has 2 unspecified atom stereocenters. The van der Waals surface area contributed by atoms with Crippen LogP contribution >= 0.6 is 31.9 Å². The zero-order valence-electron chi connectivity index (χ0n) is 9.87. The molecule has 94 valence electrons. The summed E-state index contributed by atoms with van der Waals surface area (Å²) >= 11 is 6.97. The molecule has 17 heavy (non-hydrogen) atoms. The zero-order chi connectivity index (χ0) is 12.4. The average molecular weight is 363 g/mol. The van der Waals surface area contributed by atoms with Gasteiger partial charge in [-0.1, -0.05) is 6.92 Å². The molecule has 0 amide bonds. The Hall–Kier alpha value is 0.0300. The molecular formula is C12H17Br2N3. The Kier molecular flexibility index (Phi) is 4.58. The van der Waals surface area contributed by atoms with Gasteiger partial charge in [0, 0.05) is 40.8 Å². The fourth-order valence-electron chi connectivity index (χ4n) is 2.41. The van der Waals surface area contributed by atoms with Gasteiger partial charge >= 0.3 is 0 Å². The van der Waals surface area contributed by atoms with E-state index in [-0.39, 0.29) is 0 Å². The number of rotatable bonds is 2. The molecule has 0 spiro atoms. The first kappa shape index (κ1) is 13.5. The number of aromatic nitrogens is 1. The molecule has 0 aliphatic carbocycles. The van der Waals surface area contributed by atoms with Crippen molar-refractivity contribution in [2.45, 2.75) is 25.9 Å². The highest BCUT2D eigenvalue weighted by molar-refractivity contribution is 9.11. The lowest BCUT2D eigenvalue weighted by Gasteiger charge is -2.34. The summed E-state index contributed by atoms with van der Waals surface area (Å²) in [5, 5.41) is 0. The van der Waals surface area contributed by atoms with Gasteiger partial charge in [-0.2, -0.15) is 0 Å². The lowest BCUT2D eigenvalue weighted by Crippen LogP contribution is -2.45. The molecule has 2 rings (SSSR count). The van der Waals surface area contributed by atoms with Gasteiger partial charge < -0.3 is 5.73 Å². The van der Waals surface area contributed by atoms with Gasteiger partial charge in [0.1, 0.15) is 0 Å². The average Bonchev–Trinajstić information content (AvgIpc) is 2.21. The Morgan fingerprint density at radius 1 is 1.47 bits per heavy atom. The van der Waals surface area contributed by atoms with E-state index in [2.05, 4.69) is 48.7 Å². The van der Waals surface area contributed by atoms with Gasteiger partial charge in [0.2, 0.25) is 0 Å². The van der Waals surface area contributed by atoms with Crippen molar-refractivity contribution in [3.8, 4) is 0 Å². The number of pyridine rings is 1. The van der Waals surface area contributed by atoms with E-state index >= 15 is 0 Å². The maximum Gasteiger partial charge on any atom is 0.0686 e. The van der Waals surface area contributed by atoms with E-state index in [0.717, 1.165) is 40.7 Å². The summed E-state index contributed by atoms with van der Waals surface area (Å²) in [4.78, 5) is 6.83. The predicted molar refractivity (Wildman–Crippen MR) is 76.7 cm³/mol. The van der Waals surface area contributed by atoms with Crippen molar-refractivity contribution in [3.63, 3.8) is 0 Å². The van der Waals surface area contributed by atoms with Crippen molar-refractivity contribution < 1.29 is 0 Å². The second-order valence-electron chi connectivity index (χ2n) is 4.88. The third-order valence-corrected chi connectivity index (χ3v) is 4.15. The van der Waals surface area contributed by atoms with E-state index in [1.54, 1.807) is 0 Å². The normalized spacial score (nSPS) is 26.1. The smallest absolute Gasteiger partial charge is 0.0686 e. The van der Waals surface area contributed by atoms with Gasteiger partial charge in [-0.25, -0.2) is 0 Å². The SMILES string of the molecule is CC1CC(N)CN(Cc2ncc(Br)cc2Br)C1. The summed E-state index contributed by atoms with van der Waals surface area (Å²) in [6.45, 7) is 5.20. The van der Waals surface area contributed by atoms with Crippen molar-refractivity contribution in [2.24, 2.45) is 11.7 Å². The molecule has 2 atom stereocenters. The van der Waals surface area contributed by atoms with E-state index in [1.165, 1.54) is 0 Å². The quantitative estimate of drug-likeness (QED) is 0.879. The molecule has 1 aromatic heterocycles. The van der Waals surface area contributed by atoms with Crippen LogP contribution in [-0.4, -0.2) is 29.0 Å². The van der Waals surface area contributed by atoms with Gasteiger partial charge in [-0.3, -0.25) is 9.88 Å². The van der Waals surface area contributed by atoms with Crippen molar-refractivity contribution in [1.82, 2.24) is 9.88 Å². The number of piperidine rings is 1. The largest absolute Gasteiger partial charge is 0.327 e. The molecule has 0 saturated carbocycles. The van der Waals surface area contributed by atoms with Crippen molar-refractivity contribution in [1.29, 1.82) is 0 Å². The molecule has 2 heterocycles. The lowest BCUT2D eigenvalue weighted by molar-refractivity contribution is 0.156. The van der Waals surface area contributed by atoms with Crippen LogP contribution in [0.1, 0.15) is 19.0 Å². The molecule has 1 fully saturated rings. The van der Waals surface area contributed by atoms with Crippen molar-refractivity contribution in [2.75, 3.05) is 13.1 Å². The fraction of sp³-hybridized carbons (Fsp3) is 0.583. The molecule has 5 heteroatoms. The van der Waals surface area contributed by atoms with Crippen LogP contribution in [-0.2, 0) is 6.54 Å². The number of hydrogen-bond donors (Lipinski definition) is 1. The molecular weight excluding hydrogens is 346 g/mol. The first-order valence-electron chi connectivity index (χ1n) is 5.82. The Labute approximate surface area is 119 Å². The minimum Gasteiger partial charge on any atom is -0.327 e. The summed E-state index contributed by atoms with van der Waals surface area (Å²) in [5.41, 5.74) is 7.13. The summed E-state index contributed by atoms with van der Waals surface area (Å²) in [5.74, 6) is 0.674. The van der Waals surface area contributed by atoms with Gasteiger partial charge in [0.05, 0.1) is 5.69 Å². The zero-order valence-corrected chi connectivity index (χ0v) is 13.0. The van der Waals surface area contributed by atoms with Crippen LogP contribution < -0.4 is 5.73 Å². The molecule has 0 radical (unpaired) electrons. The van der Waals surface area contributed by atoms with Crippen LogP contribution in [0.3, 0.4) is 0 Å². The molecule has 0 bridgehead atoms. The number of nitrogens with zero attached hydrogens (tertiary/aromatic N) is 2. The van der Waals surface area contributed by atoms with Crippen LogP contribution in [0.25, 0.3) is 0 Å². The molecule has 1 aliphatic rings. The highest BCUT2D eigenvalue weighted by atomic mass is 79.9. The van der Waals surface area contributed by atoms with Crippen LogP contribution in [0.2, 0.25) is 0 Å². The summed E-state index contributed by atoms with van der Waals surface area (Å²) in [6, 6.07) is 2.34. The fourth-order valence-corrected chi connectivity index (χ4v) is 3.53. The lowest BCUT2D eigenvalue weighted by atomic mass is 9.96. The van der Waals surface area contributed by atoms with E-state index in [1.807, 2.05) is 12.3 Å². The molecule has 1 saturated heterocycles. The third kappa shape index (κ3) is 3.74.